The molecule has 0 saturated carbocycles. The lowest BCUT2D eigenvalue weighted by atomic mass is 10.0. The van der Waals surface area contributed by atoms with E-state index < -0.39 is 6.04 Å². The van der Waals surface area contributed by atoms with Crippen molar-refractivity contribution in [2.24, 2.45) is 0 Å². The number of carbonyl (C=O) groups excluding carboxylic acids is 2. The molecule has 0 aliphatic heterocycles. The van der Waals surface area contributed by atoms with Crippen LogP contribution in [0.5, 0.6) is 17.2 Å². The Labute approximate surface area is 240 Å². The molecule has 208 valence electrons. The fraction of sp³-hybridized carbons (Fsp3) is 0.333. The summed E-state index contributed by atoms with van der Waals surface area (Å²) in [6, 6.07) is 18.8. The van der Waals surface area contributed by atoms with Gasteiger partial charge in [-0.1, -0.05) is 66.5 Å². The van der Waals surface area contributed by atoms with Crippen LogP contribution in [0.1, 0.15) is 31.4 Å². The first kappa shape index (κ1) is 30.1. The first-order chi connectivity index (χ1) is 18.7. The van der Waals surface area contributed by atoms with Crippen LogP contribution >= 0.6 is 23.2 Å². The van der Waals surface area contributed by atoms with Crippen molar-refractivity contribution in [3.05, 3.63) is 87.9 Å². The molecule has 7 nitrogen and oxygen atoms in total. The van der Waals surface area contributed by atoms with E-state index in [0.29, 0.717) is 39.3 Å². The van der Waals surface area contributed by atoms with Crippen LogP contribution in [-0.2, 0) is 22.6 Å². The SMILES string of the molecule is CC[C@@H](C)NC(=O)[C@@H](Cc1ccccc1)N(Cc1ccc(Cl)cc1Cl)C(=O)COc1cc(OC)cc(OC)c1. The van der Waals surface area contributed by atoms with Gasteiger partial charge in [0.15, 0.2) is 6.61 Å². The normalized spacial score (nSPS) is 12.3. The van der Waals surface area contributed by atoms with Gasteiger partial charge in [-0.15, -0.1) is 0 Å². The van der Waals surface area contributed by atoms with E-state index in [1.54, 1.807) is 36.4 Å². The number of hydrogen-bond acceptors (Lipinski definition) is 5. The van der Waals surface area contributed by atoms with E-state index in [0.717, 1.165) is 12.0 Å². The molecule has 39 heavy (non-hydrogen) atoms. The molecule has 9 heteroatoms. The van der Waals surface area contributed by atoms with E-state index in [-0.39, 0.29) is 31.0 Å². The second-order valence-electron chi connectivity index (χ2n) is 9.12. The molecular formula is C30H34Cl2N2O5. The van der Waals surface area contributed by atoms with Crippen molar-refractivity contribution in [1.82, 2.24) is 10.2 Å². The zero-order chi connectivity index (χ0) is 28.4. The second kappa shape index (κ2) is 14.7. The van der Waals surface area contributed by atoms with Gasteiger partial charge < -0.3 is 24.4 Å². The molecule has 2 atom stereocenters. The number of amides is 2. The number of hydrogen-bond donors (Lipinski definition) is 1. The van der Waals surface area contributed by atoms with Crippen molar-refractivity contribution in [2.45, 2.75) is 45.3 Å². The summed E-state index contributed by atoms with van der Waals surface area (Å²) in [4.78, 5) is 28.9. The molecule has 1 N–H and O–H groups in total. The zero-order valence-corrected chi connectivity index (χ0v) is 24.1. The van der Waals surface area contributed by atoms with E-state index in [2.05, 4.69) is 5.32 Å². The Morgan fingerprint density at radius 3 is 2.15 bits per heavy atom. The van der Waals surface area contributed by atoms with Crippen molar-refractivity contribution in [1.29, 1.82) is 0 Å². The van der Waals surface area contributed by atoms with Gasteiger partial charge in [0, 0.05) is 47.3 Å². The molecule has 0 aliphatic rings. The molecule has 2 amide bonds. The summed E-state index contributed by atoms with van der Waals surface area (Å²) >= 11 is 12.6. The predicted molar refractivity (Wildman–Crippen MR) is 154 cm³/mol. The van der Waals surface area contributed by atoms with Crippen LogP contribution in [-0.4, -0.2) is 49.6 Å². The highest BCUT2D eigenvalue weighted by molar-refractivity contribution is 6.35. The van der Waals surface area contributed by atoms with Gasteiger partial charge in [0.2, 0.25) is 5.91 Å². The quantitative estimate of drug-likeness (QED) is 0.274. The highest BCUT2D eigenvalue weighted by Crippen LogP contribution is 2.28. The smallest absolute Gasteiger partial charge is 0.261 e. The first-order valence-corrected chi connectivity index (χ1v) is 13.4. The first-order valence-electron chi connectivity index (χ1n) is 12.7. The number of halogens is 2. The van der Waals surface area contributed by atoms with Gasteiger partial charge in [0.25, 0.3) is 5.91 Å². The standard InChI is InChI=1S/C30H34Cl2N2O5/c1-5-20(2)33-30(36)28(13-21-9-7-6-8-10-21)34(18-22-11-12-23(31)14-27(22)32)29(35)19-39-26-16-24(37-3)15-25(17-26)38-4/h6-12,14-17,20,28H,5,13,18-19H2,1-4H3,(H,33,36)/t20-,28-/m1/s1. The molecular weight excluding hydrogens is 539 g/mol. The van der Waals surface area contributed by atoms with Gasteiger partial charge in [-0.25, -0.2) is 0 Å². The van der Waals surface area contributed by atoms with E-state index >= 15 is 0 Å². The Hall–Kier alpha value is -3.42. The fourth-order valence-corrected chi connectivity index (χ4v) is 4.39. The summed E-state index contributed by atoms with van der Waals surface area (Å²) in [7, 11) is 3.07. The molecule has 0 aliphatic carbocycles. The summed E-state index contributed by atoms with van der Waals surface area (Å²) in [5.41, 5.74) is 1.58. The second-order valence-corrected chi connectivity index (χ2v) is 9.96. The Morgan fingerprint density at radius 2 is 1.56 bits per heavy atom. The van der Waals surface area contributed by atoms with Crippen molar-refractivity contribution < 1.29 is 23.8 Å². The Balaban J connectivity index is 1.96. The molecule has 0 unspecified atom stereocenters. The number of rotatable bonds is 13. The van der Waals surface area contributed by atoms with Crippen LogP contribution in [0.2, 0.25) is 10.0 Å². The predicted octanol–water partition coefficient (Wildman–Crippen LogP) is 5.94. The summed E-state index contributed by atoms with van der Waals surface area (Å²) < 4.78 is 16.5. The van der Waals surface area contributed by atoms with E-state index in [1.807, 2.05) is 44.2 Å². The number of methoxy groups -OCH3 is 2. The number of benzene rings is 3. The van der Waals surface area contributed by atoms with E-state index in [4.69, 9.17) is 37.4 Å². The minimum absolute atomic E-state index is 0.0626. The van der Waals surface area contributed by atoms with Gasteiger partial charge in [-0.3, -0.25) is 9.59 Å². The van der Waals surface area contributed by atoms with Gasteiger partial charge in [-0.2, -0.15) is 0 Å². The number of nitrogens with one attached hydrogen (secondary N) is 1. The van der Waals surface area contributed by atoms with Gasteiger partial charge >= 0.3 is 0 Å². The Bertz CT molecular complexity index is 1230. The maximum Gasteiger partial charge on any atom is 0.261 e. The van der Waals surface area contributed by atoms with Crippen LogP contribution in [0.4, 0.5) is 0 Å². The monoisotopic (exact) mass is 572 g/mol. The minimum Gasteiger partial charge on any atom is -0.496 e. The van der Waals surface area contributed by atoms with Crippen LogP contribution in [0.15, 0.2) is 66.7 Å². The third-order valence-electron chi connectivity index (χ3n) is 6.32. The minimum atomic E-state index is -0.816. The lowest BCUT2D eigenvalue weighted by Gasteiger charge is -2.32. The average molecular weight is 574 g/mol. The number of nitrogens with zero attached hydrogens (tertiary/aromatic N) is 1. The number of ether oxygens (including phenoxy) is 3. The van der Waals surface area contributed by atoms with Crippen LogP contribution in [0, 0.1) is 0 Å². The summed E-state index contributed by atoms with van der Waals surface area (Å²) in [6.45, 7) is 3.69. The molecule has 0 aromatic heterocycles. The third kappa shape index (κ3) is 8.80. The van der Waals surface area contributed by atoms with Gasteiger partial charge in [0.1, 0.15) is 23.3 Å². The average Bonchev–Trinajstić information content (AvgIpc) is 2.94. The molecule has 0 bridgehead atoms. The summed E-state index contributed by atoms with van der Waals surface area (Å²) in [5.74, 6) is 0.804. The van der Waals surface area contributed by atoms with Crippen LogP contribution in [0.3, 0.4) is 0 Å². The lowest BCUT2D eigenvalue weighted by molar-refractivity contribution is -0.143. The molecule has 0 radical (unpaired) electrons. The highest BCUT2D eigenvalue weighted by atomic mass is 35.5. The number of carbonyl (C=O) groups is 2. The van der Waals surface area contributed by atoms with Crippen molar-refractivity contribution >= 4 is 35.0 Å². The molecule has 3 aromatic carbocycles. The Morgan fingerprint density at radius 1 is 0.923 bits per heavy atom. The van der Waals surface area contributed by atoms with Crippen molar-refractivity contribution in [3.8, 4) is 17.2 Å². The molecule has 3 aromatic rings. The lowest BCUT2D eigenvalue weighted by Crippen LogP contribution is -2.53. The van der Waals surface area contributed by atoms with Gasteiger partial charge in [-0.05, 0) is 36.6 Å². The molecule has 0 fully saturated rings. The van der Waals surface area contributed by atoms with E-state index in [1.165, 1.54) is 19.1 Å². The Kier molecular flexibility index (Phi) is 11.3. The maximum atomic E-state index is 13.8. The maximum absolute atomic E-state index is 13.8. The van der Waals surface area contributed by atoms with Gasteiger partial charge in [0.05, 0.1) is 14.2 Å². The zero-order valence-electron chi connectivity index (χ0n) is 22.6. The molecule has 0 heterocycles. The summed E-state index contributed by atoms with van der Waals surface area (Å²) in [5, 5.41) is 3.92. The van der Waals surface area contributed by atoms with Crippen LogP contribution in [0.25, 0.3) is 0 Å². The van der Waals surface area contributed by atoms with Crippen molar-refractivity contribution in [3.63, 3.8) is 0 Å². The van der Waals surface area contributed by atoms with Crippen molar-refractivity contribution in [2.75, 3.05) is 20.8 Å². The molecule has 0 spiro atoms. The fourth-order valence-electron chi connectivity index (χ4n) is 3.92. The molecule has 0 saturated heterocycles. The highest BCUT2D eigenvalue weighted by Gasteiger charge is 2.31. The topological polar surface area (TPSA) is 77.1 Å². The molecule has 3 rings (SSSR count). The third-order valence-corrected chi connectivity index (χ3v) is 6.90. The summed E-state index contributed by atoms with van der Waals surface area (Å²) in [6.07, 6.45) is 1.06. The van der Waals surface area contributed by atoms with Crippen LogP contribution < -0.4 is 19.5 Å². The largest absolute Gasteiger partial charge is 0.496 e. The van der Waals surface area contributed by atoms with E-state index in [9.17, 15) is 9.59 Å².